The molecule has 0 spiro atoms. The van der Waals surface area contributed by atoms with Crippen LogP contribution >= 0.6 is 8.24 Å². The zero-order chi connectivity index (χ0) is 41.5. The van der Waals surface area contributed by atoms with Gasteiger partial charge in [-0.05, 0) is 85.4 Å². The van der Waals surface area contributed by atoms with Gasteiger partial charge in [0.2, 0.25) is 0 Å². The third-order valence-corrected chi connectivity index (χ3v) is 13.7. The highest BCUT2D eigenvalue weighted by Gasteiger charge is 2.25. The first kappa shape index (κ1) is 37.3. The van der Waals surface area contributed by atoms with Crippen molar-refractivity contribution in [2.24, 2.45) is 5.92 Å². The zero-order valence-corrected chi connectivity index (χ0v) is 35.7. The van der Waals surface area contributed by atoms with Crippen LogP contribution < -0.4 is 23.5 Å². The Morgan fingerprint density at radius 3 is 1.26 bits per heavy atom. The Morgan fingerprint density at radius 2 is 0.820 bits per heavy atom. The number of hydrogen-bond donors (Lipinski definition) is 0. The second-order valence-electron chi connectivity index (χ2n) is 15.9. The van der Waals surface area contributed by atoms with E-state index in [9.17, 15) is 0 Å². The van der Waals surface area contributed by atoms with Gasteiger partial charge in [0.05, 0.1) is 35.0 Å². The fraction of sp³-hybridized carbons (Fsp3) is 0.170. The molecule has 1 unspecified atom stereocenters. The summed E-state index contributed by atoms with van der Waals surface area (Å²) in [6.45, 7) is 4.81. The van der Waals surface area contributed by atoms with Gasteiger partial charge in [-0.3, -0.25) is 4.52 Å². The van der Waals surface area contributed by atoms with Gasteiger partial charge in [0.1, 0.15) is 23.0 Å². The molecule has 302 valence electrons. The van der Waals surface area contributed by atoms with Crippen LogP contribution in [0.4, 0.5) is 0 Å². The van der Waals surface area contributed by atoms with E-state index in [2.05, 4.69) is 135 Å². The monoisotopic (exact) mass is 822 g/mol. The van der Waals surface area contributed by atoms with Gasteiger partial charge in [0.25, 0.3) is 0 Å². The van der Waals surface area contributed by atoms with Gasteiger partial charge >= 0.3 is 8.24 Å². The molecule has 0 fully saturated rings. The molecule has 1 heterocycles. The van der Waals surface area contributed by atoms with Gasteiger partial charge < -0.3 is 27.3 Å². The van der Waals surface area contributed by atoms with Crippen molar-refractivity contribution < 1.29 is 31.9 Å². The van der Waals surface area contributed by atoms with Crippen molar-refractivity contribution in [3.05, 3.63) is 121 Å². The summed E-state index contributed by atoms with van der Waals surface area (Å²) in [4.78, 5) is 0. The molecule has 7 nitrogen and oxygen atoms in total. The normalized spacial score (nSPS) is 12.6. The molecule has 0 aliphatic heterocycles. The third-order valence-electron chi connectivity index (χ3n) is 12.6. The smallest absolute Gasteiger partial charge is 0.387 e. The standard InChI is InChI=1S/C53H43O7P/c1-7-29(2)28-58-61-59-52-38(24-44(56-5)40-26-42(54-3)36-22-20-32-18-16-30-12-8-10-14-34(30)46(32)48(36)50(40)52)39-25-45(57-6)41-27-43(55-4)37-23-21-33-19-17-31-13-9-11-15-35(31)47(33)49(37)51(41)53(39)60-61/h8-27,29H,7,28H2,1-6H3. The number of rotatable bonds is 8. The molecule has 0 bridgehead atoms. The summed E-state index contributed by atoms with van der Waals surface area (Å²) in [5, 5.41) is 17.9. The second-order valence-corrected chi connectivity index (χ2v) is 16.9. The number of hydrogen-bond acceptors (Lipinski definition) is 7. The van der Waals surface area contributed by atoms with Crippen LogP contribution in [-0.4, -0.2) is 35.0 Å². The van der Waals surface area contributed by atoms with Gasteiger partial charge in [-0.15, -0.1) is 0 Å². The van der Waals surface area contributed by atoms with Crippen LogP contribution in [0.25, 0.3) is 108 Å². The van der Waals surface area contributed by atoms with Crippen molar-refractivity contribution in [3.63, 3.8) is 0 Å². The molecule has 0 saturated carbocycles. The van der Waals surface area contributed by atoms with Crippen LogP contribution in [0.15, 0.2) is 130 Å². The minimum atomic E-state index is -2.02. The summed E-state index contributed by atoms with van der Waals surface area (Å²) in [5.41, 5.74) is 1.29. The third kappa shape index (κ3) is 5.61. The van der Waals surface area contributed by atoms with Crippen LogP contribution in [0.2, 0.25) is 0 Å². The molecular formula is C53H43O7P. The van der Waals surface area contributed by atoms with Crippen molar-refractivity contribution in [2.75, 3.05) is 35.0 Å². The predicted molar refractivity (Wildman–Crippen MR) is 253 cm³/mol. The number of fused-ring (bicyclic) bond motifs is 19. The quantitative estimate of drug-likeness (QED) is 0.141. The van der Waals surface area contributed by atoms with Gasteiger partial charge in [0.15, 0.2) is 11.2 Å². The minimum Gasteiger partial charge on any atom is -0.496 e. The van der Waals surface area contributed by atoms with Crippen LogP contribution in [-0.2, 0) is 0 Å². The summed E-state index contributed by atoms with van der Waals surface area (Å²) in [7, 11) is 4.85. The topological polar surface area (TPSA) is 72.4 Å². The number of ether oxygens (including phenoxy) is 4. The van der Waals surface area contributed by atoms with Gasteiger partial charge in [-0.25, -0.2) is 0 Å². The van der Waals surface area contributed by atoms with Crippen LogP contribution in [0.5, 0.6) is 23.0 Å². The maximum atomic E-state index is 7.29. The number of methoxy groups -OCH3 is 4. The Bertz CT molecular complexity index is 3430. The molecule has 11 rings (SSSR count). The summed E-state index contributed by atoms with van der Waals surface area (Å²) in [6.07, 6.45) is 0.948. The summed E-state index contributed by atoms with van der Waals surface area (Å²) < 4.78 is 46.3. The zero-order valence-electron chi connectivity index (χ0n) is 34.8. The molecule has 10 aromatic carbocycles. The molecule has 1 aromatic heterocycles. The Balaban J connectivity index is 1.46. The Hall–Kier alpha value is -6.66. The molecule has 61 heavy (non-hydrogen) atoms. The second kappa shape index (κ2) is 14.5. The molecule has 0 saturated heterocycles. The summed E-state index contributed by atoms with van der Waals surface area (Å²) in [6, 6.07) is 42.6. The molecule has 1 atom stereocenters. The molecule has 0 N–H and O–H groups in total. The lowest BCUT2D eigenvalue weighted by atomic mass is 9.90. The Labute approximate surface area is 352 Å². The van der Waals surface area contributed by atoms with Crippen molar-refractivity contribution in [2.45, 2.75) is 20.3 Å². The van der Waals surface area contributed by atoms with E-state index >= 15 is 0 Å². The molecule has 11 aromatic rings. The Kier molecular flexibility index (Phi) is 8.89. The fourth-order valence-corrected chi connectivity index (χ4v) is 10.6. The first-order valence-electron chi connectivity index (χ1n) is 20.7. The molecule has 0 amide bonds. The number of benzene rings is 10. The lowest BCUT2D eigenvalue weighted by molar-refractivity contribution is 0.305. The van der Waals surface area contributed by atoms with Gasteiger partial charge in [-0.2, -0.15) is 0 Å². The van der Waals surface area contributed by atoms with Crippen LogP contribution in [0.3, 0.4) is 0 Å². The molecule has 0 radical (unpaired) electrons. The predicted octanol–water partition coefficient (Wildman–Crippen LogP) is 15.0. The first-order valence-corrected chi connectivity index (χ1v) is 21.7. The average molecular weight is 823 g/mol. The van der Waals surface area contributed by atoms with E-state index in [1.165, 1.54) is 0 Å². The first-order chi connectivity index (χ1) is 29.9. The van der Waals surface area contributed by atoms with Crippen LogP contribution in [0, 0.1) is 5.92 Å². The SMILES string of the molecule is CCC(C)COp1oc2c(cc(OC)c3cc(OC)c4ccc5ccc6ccccc6c5c4c32)c2cc(OC)c3cc(OC)c4ccc5ccc6ccccc6c5c4c3c2o1. The summed E-state index contributed by atoms with van der Waals surface area (Å²) >= 11 is 0. The average Bonchev–Trinajstić information content (AvgIpc) is 3.47. The van der Waals surface area contributed by atoms with E-state index in [1.807, 2.05) is 0 Å². The maximum Gasteiger partial charge on any atom is 0.387 e. The van der Waals surface area contributed by atoms with E-state index in [1.54, 1.807) is 28.4 Å². The van der Waals surface area contributed by atoms with E-state index < -0.39 is 8.24 Å². The van der Waals surface area contributed by atoms with Gasteiger partial charge in [-0.1, -0.05) is 105 Å². The molecule has 8 heteroatoms. The van der Waals surface area contributed by atoms with E-state index in [0.29, 0.717) is 29.3 Å². The van der Waals surface area contributed by atoms with E-state index in [0.717, 1.165) is 115 Å². The highest BCUT2D eigenvalue weighted by atomic mass is 31.1. The highest BCUT2D eigenvalue weighted by Crippen LogP contribution is 2.52. The van der Waals surface area contributed by atoms with Crippen molar-refractivity contribution >= 4 is 116 Å². The van der Waals surface area contributed by atoms with E-state index in [4.69, 9.17) is 31.9 Å². The summed E-state index contributed by atoms with van der Waals surface area (Å²) in [5.74, 6) is 3.09. The lowest BCUT2D eigenvalue weighted by Crippen LogP contribution is -2.05. The Morgan fingerprint density at radius 1 is 0.426 bits per heavy atom. The largest absolute Gasteiger partial charge is 0.496 e. The minimum absolute atomic E-state index is 0.276. The molecule has 0 aliphatic rings. The molecule has 0 aliphatic carbocycles. The van der Waals surface area contributed by atoms with Crippen LogP contribution in [0.1, 0.15) is 20.3 Å². The fourth-order valence-electron chi connectivity index (χ4n) is 9.43. The van der Waals surface area contributed by atoms with Crippen molar-refractivity contribution in [1.82, 2.24) is 0 Å². The highest BCUT2D eigenvalue weighted by molar-refractivity contribution is 7.31. The maximum absolute atomic E-state index is 7.29. The van der Waals surface area contributed by atoms with E-state index in [-0.39, 0.29) is 5.92 Å². The lowest BCUT2D eigenvalue weighted by Gasteiger charge is -2.17. The van der Waals surface area contributed by atoms with Crippen molar-refractivity contribution in [3.8, 4) is 23.0 Å². The molecular weight excluding hydrogens is 780 g/mol. The van der Waals surface area contributed by atoms with Gasteiger partial charge in [0, 0.05) is 53.9 Å². The van der Waals surface area contributed by atoms with Crippen molar-refractivity contribution in [1.29, 1.82) is 0 Å².